The van der Waals surface area contributed by atoms with Crippen molar-refractivity contribution in [2.24, 2.45) is 11.3 Å². The van der Waals surface area contributed by atoms with Gasteiger partial charge in [-0.15, -0.1) is 0 Å². The second-order valence-electron chi connectivity index (χ2n) is 5.81. The molecule has 0 amide bonds. The maximum absolute atomic E-state index is 5.15. The van der Waals surface area contributed by atoms with E-state index in [0.29, 0.717) is 5.41 Å². The second-order valence-corrected chi connectivity index (χ2v) is 5.81. The van der Waals surface area contributed by atoms with Gasteiger partial charge in [0.1, 0.15) is 0 Å². The highest BCUT2D eigenvalue weighted by Crippen LogP contribution is 2.43. The molecule has 1 aliphatic rings. The maximum Gasteiger partial charge on any atom is 0.0589 e. The summed E-state index contributed by atoms with van der Waals surface area (Å²) in [6, 6.07) is 0.814. The van der Waals surface area contributed by atoms with Crippen LogP contribution in [0, 0.1) is 11.3 Å². The molecule has 2 nitrogen and oxygen atoms in total. The fraction of sp³-hybridized carbons (Fsp3) is 1.00. The van der Waals surface area contributed by atoms with Crippen molar-refractivity contribution in [3.05, 3.63) is 0 Å². The number of methoxy groups -OCH3 is 1. The topological polar surface area (TPSA) is 12.5 Å². The Morgan fingerprint density at radius 2 is 1.87 bits per heavy atom. The number of likely N-dealkylation sites (N-methyl/N-ethyl adjacent to an activating group) is 1. The Labute approximate surface area is 95.0 Å². The zero-order valence-corrected chi connectivity index (χ0v) is 11.0. The van der Waals surface area contributed by atoms with E-state index < -0.39 is 0 Å². The summed E-state index contributed by atoms with van der Waals surface area (Å²) >= 11 is 0. The summed E-state index contributed by atoms with van der Waals surface area (Å²) in [5, 5.41) is 0. The zero-order valence-electron chi connectivity index (χ0n) is 11.0. The molecule has 1 rings (SSSR count). The van der Waals surface area contributed by atoms with Gasteiger partial charge < -0.3 is 4.74 Å². The Kier molecular flexibility index (Phi) is 4.60. The molecule has 0 unspecified atom stereocenters. The molecule has 0 N–H and O–H groups in total. The fourth-order valence-corrected chi connectivity index (χ4v) is 2.40. The zero-order chi connectivity index (χ0) is 11.5. The highest BCUT2D eigenvalue weighted by molar-refractivity contribution is 4.92. The predicted octanol–water partition coefficient (Wildman–Crippen LogP) is 2.78. The van der Waals surface area contributed by atoms with Gasteiger partial charge in [0.2, 0.25) is 0 Å². The van der Waals surface area contributed by atoms with Crippen molar-refractivity contribution in [2.45, 2.75) is 46.6 Å². The number of nitrogens with zero attached hydrogens (tertiary/aromatic N) is 1. The Morgan fingerprint density at radius 1 is 1.27 bits per heavy atom. The van der Waals surface area contributed by atoms with E-state index in [1.165, 1.54) is 12.8 Å². The van der Waals surface area contributed by atoms with Crippen LogP contribution in [0.25, 0.3) is 0 Å². The van der Waals surface area contributed by atoms with Gasteiger partial charge in [0, 0.05) is 19.7 Å². The monoisotopic (exact) mass is 213 g/mol. The van der Waals surface area contributed by atoms with E-state index in [2.05, 4.69) is 32.6 Å². The average Bonchev–Trinajstić information content (AvgIpc) is 2.06. The van der Waals surface area contributed by atoms with E-state index in [-0.39, 0.29) is 0 Å². The van der Waals surface area contributed by atoms with Crippen LogP contribution in [0.15, 0.2) is 0 Å². The Balaban J connectivity index is 2.29. The molecule has 1 saturated carbocycles. The summed E-state index contributed by atoms with van der Waals surface area (Å²) in [6.45, 7) is 12.4. The SMILES string of the molecule is CCN(CCOC)C1CC(C(C)(C)C)C1. The normalized spacial score (nSPS) is 26.8. The summed E-state index contributed by atoms with van der Waals surface area (Å²) in [6.07, 6.45) is 2.75. The van der Waals surface area contributed by atoms with Crippen molar-refractivity contribution in [3.8, 4) is 0 Å². The number of hydrogen-bond acceptors (Lipinski definition) is 2. The van der Waals surface area contributed by atoms with Crippen LogP contribution in [-0.2, 0) is 4.74 Å². The molecule has 0 aliphatic heterocycles. The van der Waals surface area contributed by atoms with Gasteiger partial charge in [0.05, 0.1) is 6.61 Å². The molecule has 0 aromatic rings. The van der Waals surface area contributed by atoms with Gasteiger partial charge >= 0.3 is 0 Å². The van der Waals surface area contributed by atoms with E-state index in [0.717, 1.165) is 31.7 Å². The van der Waals surface area contributed by atoms with E-state index in [9.17, 15) is 0 Å². The van der Waals surface area contributed by atoms with Crippen molar-refractivity contribution in [2.75, 3.05) is 26.8 Å². The van der Waals surface area contributed by atoms with Gasteiger partial charge in [-0.2, -0.15) is 0 Å². The first kappa shape index (κ1) is 13.0. The molecule has 0 aromatic carbocycles. The van der Waals surface area contributed by atoms with Crippen LogP contribution in [0.5, 0.6) is 0 Å². The van der Waals surface area contributed by atoms with E-state index >= 15 is 0 Å². The van der Waals surface area contributed by atoms with Crippen molar-refractivity contribution < 1.29 is 4.74 Å². The molecule has 1 aliphatic carbocycles. The minimum absolute atomic E-state index is 0.497. The lowest BCUT2D eigenvalue weighted by molar-refractivity contribution is 0.0120. The molecule has 0 saturated heterocycles. The van der Waals surface area contributed by atoms with E-state index in [4.69, 9.17) is 4.74 Å². The smallest absolute Gasteiger partial charge is 0.0589 e. The molecule has 0 radical (unpaired) electrons. The van der Waals surface area contributed by atoms with Crippen molar-refractivity contribution in [1.82, 2.24) is 4.90 Å². The fourth-order valence-electron chi connectivity index (χ4n) is 2.40. The molecular weight excluding hydrogens is 186 g/mol. The Bertz CT molecular complexity index is 179. The van der Waals surface area contributed by atoms with Gasteiger partial charge in [-0.25, -0.2) is 0 Å². The first-order valence-electron chi connectivity index (χ1n) is 6.22. The lowest BCUT2D eigenvalue weighted by Crippen LogP contribution is -2.49. The summed E-state index contributed by atoms with van der Waals surface area (Å²) in [5.41, 5.74) is 0.497. The molecule has 2 heteroatoms. The summed E-state index contributed by atoms with van der Waals surface area (Å²) < 4.78 is 5.15. The van der Waals surface area contributed by atoms with Crippen molar-refractivity contribution >= 4 is 0 Å². The quantitative estimate of drug-likeness (QED) is 0.696. The second kappa shape index (κ2) is 5.31. The molecule has 0 heterocycles. The molecule has 0 spiro atoms. The Hall–Kier alpha value is -0.0800. The Morgan fingerprint density at radius 3 is 2.27 bits per heavy atom. The molecule has 15 heavy (non-hydrogen) atoms. The molecule has 90 valence electrons. The summed E-state index contributed by atoms with van der Waals surface area (Å²) in [7, 11) is 1.78. The number of rotatable bonds is 5. The van der Waals surface area contributed by atoms with Gasteiger partial charge in [-0.05, 0) is 30.7 Å². The van der Waals surface area contributed by atoms with Crippen LogP contribution < -0.4 is 0 Å². The van der Waals surface area contributed by atoms with Crippen LogP contribution >= 0.6 is 0 Å². The lowest BCUT2D eigenvalue weighted by atomic mass is 9.65. The van der Waals surface area contributed by atoms with E-state index in [1.807, 2.05) is 0 Å². The van der Waals surface area contributed by atoms with Gasteiger partial charge in [-0.3, -0.25) is 4.90 Å². The van der Waals surface area contributed by atoms with Gasteiger partial charge in [0.25, 0.3) is 0 Å². The third-order valence-corrected chi connectivity index (χ3v) is 3.84. The summed E-state index contributed by atoms with van der Waals surface area (Å²) in [5.74, 6) is 0.916. The summed E-state index contributed by atoms with van der Waals surface area (Å²) in [4.78, 5) is 2.56. The number of ether oxygens (including phenoxy) is 1. The van der Waals surface area contributed by atoms with E-state index in [1.54, 1.807) is 7.11 Å². The predicted molar refractivity (Wildman–Crippen MR) is 65.1 cm³/mol. The highest BCUT2D eigenvalue weighted by Gasteiger charge is 2.39. The van der Waals surface area contributed by atoms with Crippen molar-refractivity contribution in [1.29, 1.82) is 0 Å². The standard InChI is InChI=1S/C13H27NO/c1-6-14(7-8-15-5)12-9-11(10-12)13(2,3)4/h11-12H,6-10H2,1-5H3. The van der Waals surface area contributed by atoms with Crippen LogP contribution in [-0.4, -0.2) is 37.7 Å². The molecule has 1 fully saturated rings. The lowest BCUT2D eigenvalue weighted by Gasteiger charge is -2.48. The average molecular weight is 213 g/mol. The van der Waals surface area contributed by atoms with Crippen LogP contribution in [0.4, 0.5) is 0 Å². The molecule has 0 atom stereocenters. The first-order chi connectivity index (χ1) is 6.99. The molecule has 0 aromatic heterocycles. The van der Waals surface area contributed by atoms with Crippen LogP contribution in [0.3, 0.4) is 0 Å². The third kappa shape index (κ3) is 3.46. The minimum Gasteiger partial charge on any atom is -0.383 e. The maximum atomic E-state index is 5.15. The van der Waals surface area contributed by atoms with Crippen LogP contribution in [0.1, 0.15) is 40.5 Å². The van der Waals surface area contributed by atoms with Gasteiger partial charge in [0.15, 0.2) is 0 Å². The first-order valence-corrected chi connectivity index (χ1v) is 6.22. The third-order valence-electron chi connectivity index (χ3n) is 3.84. The molecule has 0 bridgehead atoms. The van der Waals surface area contributed by atoms with Crippen molar-refractivity contribution in [3.63, 3.8) is 0 Å². The largest absolute Gasteiger partial charge is 0.383 e. The minimum atomic E-state index is 0.497. The van der Waals surface area contributed by atoms with Gasteiger partial charge in [-0.1, -0.05) is 27.7 Å². The highest BCUT2D eigenvalue weighted by atomic mass is 16.5. The molecular formula is C13H27NO. The number of hydrogen-bond donors (Lipinski definition) is 0. The van der Waals surface area contributed by atoms with Crippen LogP contribution in [0.2, 0.25) is 0 Å².